The minimum atomic E-state index is -0.207. The minimum Gasteiger partial charge on any atom is -0.338 e. The highest BCUT2D eigenvalue weighted by Crippen LogP contribution is 2.32. The lowest BCUT2D eigenvalue weighted by molar-refractivity contribution is 0.257. The van der Waals surface area contributed by atoms with Crippen LogP contribution in [0.3, 0.4) is 0 Å². The molecular weight excluding hydrogens is 315 g/mol. The Labute approximate surface area is 148 Å². The van der Waals surface area contributed by atoms with Gasteiger partial charge in [-0.25, -0.2) is 14.4 Å². The molecule has 2 heterocycles. The number of rotatable bonds is 4. The number of halogens is 1. The van der Waals surface area contributed by atoms with E-state index in [4.69, 9.17) is 9.97 Å². The maximum Gasteiger partial charge on any atom is 0.226 e. The standard InChI is InChI=1S/C20H25FN4/c1-2-10-24-11-13-25(14-12-24)20-22-18-5-3-4-17(18)19(23-20)15-6-8-16(21)9-7-15/h6-9H,2-5,10-14H2,1H3. The van der Waals surface area contributed by atoms with Gasteiger partial charge in [-0.15, -0.1) is 0 Å². The zero-order valence-electron chi connectivity index (χ0n) is 14.8. The van der Waals surface area contributed by atoms with Crippen LogP contribution in [-0.4, -0.2) is 47.6 Å². The fraction of sp³-hybridized carbons (Fsp3) is 0.500. The van der Waals surface area contributed by atoms with E-state index in [-0.39, 0.29) is 5.82 Å². The van der Waals surface area contributed by atoms with Gasteiger partial charge in [-0.1, -0.05) is 6.92 Å². The summed E-state index contributed by atoms with van der Waals surface area (Å²) in [7, 11) is 0. The topological polar surface area (TPSA) is 32.3 Å². The summed E-state index contributed by atoms with van der Waals surface area (Å²) in [5.41, 5.74) is 4.42. The van der Waals surface area contributed by atoms with Crippen LogP contribution in [0.1, 0.15) is 31.0 Å². The van der Waals surface area contributed by atoms with Crippen LogP contribution in [0.5, 0.6) is 0 Å². The summed E-state index contributed by atoms with van der Waals surface area (Å²) in [6, 6.07) is 6.70. The molecule has 0 spiro atoms. The number of aromatic nitrogens is 2. The van der Waals surface area contributed by atoms with Crippen molar-refractivity contribution < 1.29 is 4.39 Å². The van der Waals surface area contributed by atoms with Gasteiger partial charge in [0.25, 0.3) is 0 Å². The Morgan fingerprint density at radius 2 is 1.76 bits per heavy atom. The van der Waals surface area contributed by atoms with Crippen molar-refractivity contribution in [2.24, 2.45) is 0 Å². The lowest BCUT2D eigenvalue weighted by Crippen LogP contribution is -2.47. The van der Waals surface area contributed by atoms with Crippen LogP contribution >= 0.6 is 0 Å². The van der Waals surface area contributed by atoms with Crippen molar-refractivity contribution in [1.29, 1.82) is 0 Å². The van der Waals surface area contributed by atoms with E-state index in [0.717, 1.165) is 62.6 Å². The van der Waals surface area contributed by atoms with E-state index < -0.39 is 0 Å². The highest BCUT2D eigenvalue weighted by atomic mass is 19.1. The predicted molar refractivity (Wildman–Crippen MR) is 98.4 cm³/mol. The lowest BCUT2D eigenvalue weighted by atomic mass is 10.1. The summed E-state index contributed by atoms with van der Waals surface area (Å²) < 4.78 is 13.3. The number of hydrogen-bond acceptors (Lipinski definition) is 4. The van der Waals surface area contributed by atoms with Crippen LogP contribution < -0.4 is 4.90 Å². The average molecular weight is 340 g/mol. The molecule has 0 atom stereocenters. The Hall–Kier alpha value is -2.01. The highest BCUT2D eigenvalue weighted by Gasteiger charge is 2.24. The first-order valence-electron chi connectivity index (χ1n) is 9.37. The summed E-state index contributed by atoms with van der Waals surface area (Å²) in [5.74, 6) is 0.637. The second kappa shape index (κ2) is 7.08. The van der Waals surface area contributed by atoms with Crippen molar-refractivity contribution in [3.63, 3.8) is 0 Å². The fourth-order valence-corrected chi connectivity index (χ4v) is 3.90. The van der Waals surface area contributed by atoms with E-state index in [1.54, 1.807) is 0 Å². The predicted octanol–water partition coefficient (Wildman–Crippen LogP) is 3.30. The van der Waals surface area contributed by atoms with Gasteiger partial charge in [0, 0.05) is 43.0 Å². The first kappa shape index (κ1) is 16.5. The smallest absolute Gasteiger partial charge is 0.226 e. The molecule has 25 heavy (non-hydrogen) atoms. The number of anilines is 1. The molecule has 0 N–H and O–H groups in total. The largest absolute Gasteiger partial charge is 0.338 e. The van der Waals surface area contributed by atoms with E-state index in [1.165, 1.54) is 36.4 Å². The van der Waals surface area contributed by atoms with E-state index in [9.17, 15) is 4.39 Å². The molecule has 0 amide bonds. The first-order chi connectivity index (χ1) is 12.2. The number of benzene rings is 1. The lowest BCUT2D eigenvalue weighted by Gasteiger charge is -2.34. The highest BCUT2D eigenvalue weighted by molar-refractivity contribution is 5.66. The van der Waals surface area contributed by atoms with Crippen molar-refractivity contribution in [1.82, 2.24) is 14.9 Å². The normalized spacial score (nSPS) is 17.8. The number of hydrogen-bond donors (Lipinski definition) is 0. The van der Waals surface area contributed by atoms with Gasteiger partial charge >= 0.3 is 0 Å². The number of piperazine rings is 1. The third-order valence-corrected chi connectivity index (χ3v) is 5.23. The van der Waals surface area contributed by atoms with Gasteiger partial charge in [0.2, 0.25) is 5.95 Å². The molecule has 1 aromatic heterocycles. The molecule has 132 valence electrons. The molecule has 5 heteroatoms. The monoisotopic (exact) mass is 340 g/mol. The molecule has 1 aliphatic heterocycles. The Balaban J connectivity index is 1.64. The van der Waals surface area contributed by atoms with Crippen LogP contribution in [0.4, 0.5) is 10.3 Å². The minimum absolute atomic E-state index is 0.207. The molecule has 0 bridgehead atoms. The van der Waals surface area contributed by atoms with Gasteiger partial charge in [-0.3, -0.25) is 4.90 Å². The summed E-state index contributed by atoms with van der Waals surface area (Å²) in [6.45, 7) is 7.48. The zero-order chi connectivity index (χ0) is 17.2. The second-order valence-electron chi connectivity index (χ2n) is 6.99. The van der Waals surface area contributed by atoms with Crippen molar-refractivity contribution in [3.8, 4) is 11.3 Å². The van der Waals surface area contributed by atoms with Gasteiger partial charge in [-0.2, -0.15) is 0 Å². The third-order valence-electron chi connectivity index (χ3n) is 5.23. The molecule has 0 saturated carbocycles. The fourth-order valence-electron chi connectivity index (χ4n) is 3.90. The van der Waals surface area contributed by atoms with Crippen molar-refractivity contribution >= 4 is 5.95 Å². The van der Waals surface area contributed by atoms with Crippen LogP contribution in [0.2, 0.25) is 0 Å². The van der Waals surface area contributed by atoms with E-state index in [0.29, 0.717) is 0 Å². The van der Waals surface area contributed by atoms with Crippen molar-refractivity contribution in [2.45, 2.75) is 32.6 Å². The SMILES string of the molecule is CCCN1CCN(c2nc3c(c(-c4ccc(F)cc4)n2)CCC3)CC1. The third kappa shape index (κ3) is 3.38. The maximum absolute atomic E-state index is 13.3. The zero-order valence-corrected chi connectivity index (χ0v) is 14.8. The summed E-state index contributed by atoms with van der Waals surface area (Å²) in [5, 5.41) is 0. The van der Waals surface area contributed by atoms with Gasteiger partial charge in [-0.05, 0) is 56.5 Å². The molecule has 1 aliphatic carbocycles. The average Bonchev–Trinajstić information content (AvgIpc) is 3.11. The molecule has 4 rings (SSSR count). The van der Waals surface area contributed by atoms with Gasteiger partial charge < -0.3 is 4.90 Å². The van der Waals surface area contributed by atoms with Gasteiger partial charge in [0.15, 0.2) is 0 Å². The Bertz CT molecular complexity index is 736. The Kier molecular flexibility index (Phi) is 4.66. The van der Waals surface area contributed by atoms with Crippen molar-refractivity contribution in [2.75, 3.05) is 37.6 Å². The van der Waals surface area contributed by atoms with Crippen LogP contribution in [0, 0.1) is 5.82 Å². The van der Waals surface area contributed by atoms with Gasteiger partial charge in [0.1, 0.15) is 5.82 Å². The van der Waals surface area contributed by atoms with E-state index >= 15 is 0 Å². The molecule has 1 aromatic carbocycles. The molecule has 4 nitrogen and oxygen atoms in total. The van der Waals surface area contributed by atoms with Crippen LogP contribution in [-0.2, 0) is 12.8 Å². The quantitative estimate of drug-likeness (QED) is 0.855. The molecule has 2 aliphatic rings. The Morgan fingerprint density at radius 3 is 2.48 bits per heavy atom. The van der Waals surface area contributed by atoms with Crippen molar-refractivity contribution in [3.05, 3.63) is 41.3 Å². The summed E-state index contributed by atoms with van der Waals surface area (Å²) >= 11 is 0. The molecule has 0 unspecified atom stereocenters. The van der Waals surface area contributed by atoms with Crippen LogP contribution in [0.15, 0.2) is 24.3 Å². The first-order valence-corrected chi connectivity index (χ1v) is 9.37. The molecule has 0 radical (unpaired) electrons. The number of fused-ring (bicyclic) bond motifs is 1. The van der Waals surface area contributed by atoms with E-state index in [2.05, 4.69) is 16.7 Å². The summed E-state index contributed by atoms with van der Waals surface area (Å²) in [4.78, 5) is 14.6. The maximum atomic E-state index is 13.3. The molecular formula is C20H25FN4. The Morgan fingerprint density at radius 1 is 1.00 bits per heavy atom. The van der Waals surface area contributed by atoms with Crippen LogP contribution in [0.25, 0.3) is 11.3 Å². The summed E-state index contributed by atoms with van der Waals surface area (Å²) in [6.07, 6.45) is 4.37. The van der Waals surface area contributed by atoms with E-state index in [1.807, 2.05) is 12.1 Å². The number of nitrogens with zero attached hydrogens (tertiary/aromatic N) is 4. The molecule has 1 saturated heterocycles. The van der Waals surface area contributed by atoms with Gasteiger partial charge in [0.05, 0.1) is 5.69 Å². The number of aryl methyl sites for hydroxylation is 1. The second-order valence-corrected chi connectivity index (χ2v) is 6.99. The molecule has 1 fully saturated rings. The molecule has 2 aromatic rings.